The number of hydrogen-bond acceptors (Lipinski definition) is 3. The lowest BCUT2D eigenvalue weighted by Gasteiger charge is -2.37. The van der Waals surface area contributed by atoms with E-state index < -0.39 is 17.7 Å². The number of aryl methyl sites for hydroxylation is 2. The highest BCUT2D eigenvalue weighted by Crippen LogP contribution is 2.33. The van der Waals surface area contributed by atoms with Crippen LogP contribution >= 0.6 is 0 Å². The van der Waals surface area contributed by atoms with E-state index in [9.17, 15) is 22.8 Å². The van der Waals surface area contributed by atoms with Crippen LogP contribution in [-0.4, -0.2) is 49.4 Å². The minimum atomic E-state index is -4.38. The molecular formula is C24H26F3N3O2. The maximum Gasteiger partial charge on any atom is 0.416 e. The molecule has 4 rings (SSSR count). The van der Waals surface area contributed by atoms with Crippen LogP contribution < -0.4 is 9.80 Å². The van der Waals surface area contributed by atoms with Gasteiger partial charge in [0.25, 0.3) is 0 Å². The fourth-order valence-corrected chi connectivity index (χ4v) is 4.54. The molecule has 2 aliphatic rings. The lowest BCUT2D eigenvalue weighted by atomic mass is 10.1. The quantitative estimate of drug-likeness (QED) is 0.717. The summed E-state index contributed by atoms with van der Waals surface area (Å²) in [7, 11) is 0. The predicted octanol–water partition coefficient (Wildman–Crippen LogP) is 4.02. The minimum absolute atomic E-state index is 0.0575. The van der Waals surface area contributed by atoms with Gasteiger partial charge >= 0.3 is 6.18 Å². The van der Waals surface area contributed by atoms with Crippen LogP contribution in [0.4, 0.5) is 24.5 Å². The van der Waals surface area contributed by atoms with E-state index in [1.54, 1.807) is 15.9 Å². The molecule has 1 atom stereocenters. The highest BCUT2D eigenvalue weighted by atomic mass is 19.4. The topological polar surface area (TPSA) is 43.9 Å². The van der Waals surface area contributed by atoms with Crippen molar-refractivity contribution < 1.29 is 22.8 Å². The van der Waals surface area contributed by atoms with Crippen molar-refractivity contribution in [1.29, 1.82) is 0 Å². The van der Waals surface area contributed by atoms with Crippen LogP contribution in [0.1, 0.15) is 23.1 Å². The summed E-state index contributed by atoms with van der Waals surface area (Å²) in [6.45, 7) is 6.05. The first-order valence-corrected chi connectivity index (χ1v) is 10.7. The van der Waals surface area contributed by atoms with Crippen molar-refractivity contribution in [2.24, 2.45) is 5.92 Å². The fraction of sp³-hybridized carbons (Fsp3) is 0.417. The number of benzene rings is 2. The molecule has 2 amide bonds. The van der Waals surface area contributed by atoms with Gasteiger partial charge in [0.2, 0.25) is 11.8 Å². The Hall–Kier alpha value is -3.03. The van der Waals surface area contributed by atoms with Crippen molar-refractivity contribution in [3.63, 3.8) is 0 Å². The third kappa shape index (κ3) is 4.45. The van der Waals surface area contributed by atoms with E-state index in [1.165, 1.54) is 6.07 Å². The SMILES string of the molecule is Cc1ccc(N2CC(C(=O)N3CCN(c4cccc(C(F)(F)F)c4)CC3)CC2=O)c(C)c1. The van der Waals surface area contributed by atoms with Gasteiger partial charge in [0, 0.05) is 50.5 Å². The monoisotopic (exact) mass is 445 g/mol. The number of alkyl halides is 3. The third-order valence-electron chi connectivity index (χ3n) is 6.25. The molecule has 0 saturated carbocycles. The number of halogens is 3. The second-order valence-corrected chi connectivity index (χ2v) is 8.56. The third-order valence-corrected chi connectivity index (χ3v) is 6.25. The number of amides is 2. The Balaban J connectivity index is 1.38. The first kappa shape index (κ1) is 22.2. The molecule has 0 N–H and O–H groups in total. The van der Waals surface area contributed by atoms with Crippen molar-refractivity contribution in [1.82, 2.24) is 4.90 Å². The van der Waals surface area contributed by atoms with Gasteiger partial charge in [0.15, 0.2) is 0 Å². The average molecular weight is 445 g/mol. The van der Waals surface area contributed by atoms with Gasteiger partial charge in [-0.3, -0.25) is 9.59 Å². The van der Waals surface area contributed by atoms with Gasteiger partial charge < -0.3 is 14.7 Å². The molecule has 2 aliphatic heterocycles. The van der Waals surface area contributed by atoms with E-state index in [2.05, 4.69) is 0 Å². The molecule has 0 bridgehead atoms. The standard InChI is InChI=1S/C24H26F3N3O2/c1-16-6-7-21(17(2)12-16)30-15-18(13-22(30)31)23(32)29-10-8-28(9-11-29)20-5-3-4-19(14-20)24(25,26)27/h3-7,12,14,18H,8-11,13,15H2,1-2H3. The Bertz CT molecular complexity index is 1030. The van der Waals surface area contributed by atoms with E-state index in [0.29, 0.717) is 38.4 Å². The number of nitrogens with zero attached hydrogens (tertiary/aromatic N) is 3. The Morgan fingerprint density at radius 1 is 1.00 bits per heavy atom. The van der Waals surface area contributed by atoms with E-state index in [-0.39, 0.29) is 18.2 Å². The second-order valence-electron chi connectivity index (χ2n) is 8.56. The van der Waals surface area contributed by atoms with Gasteiger partial charge in [-0.2, -0.15) is 13.2 Å². The number of carbonyl (C=O) groups excluding carboxylic acids is 2. The zero-order valence-electron chi connectivity index (χ0n) is 18.2. The normalized spacial score (nSPS) is 19.6. The highest BCUT2D eigenvalue weighted by molar-refractivity contribution is 6.00. The van der Waals surface area contributed by atoms with Gasteiger partial charge in [-0.25, -0.2) is 0 Å². The first-order chi connectivity index (χ1) is 15.1. The molecule has 32 heavy (non-hydrogen) atoms. The molecule has 0 aromatic heterocycles. The highest BCUT2D eigenvalue weighted by Gasteiger charge is 2.38. The number of anilines is 2. The molecule has 2 heterocycles. The molecule has 0 spiro atoms. The molecule has 0 aliphatic carbocycles. The van der Waals surface area contributed by atoms with Crippen molar-refractivity contribution >= 4 is 23.2 Å². The molecule has 2 saturated heterocycles. The first-order valence-electron chi connectivity index (χ1n) is 10.7. The summed E-state index contributed by atoms with van der Waals surface area (Å²) in [5.41, 5.74) is 2.78. The number of hydrogen-bond donors (Lipinski definition) is 0. The van der Waals surface area contributed by atoms with Gasteiger partial charge in [-0.1, -0.05) is 23.8 Å². The zero-order chi connectivity index (χ0) is 23.0. The summed E-state index contributed by atoms with van der Waals surface area (Å²) in [6, 6.07) is 11.2. The summed E-state index contributed by atoms with van der Waals surface area (Å²) in [4.78, 5) is 31.0. The summed E-state index contributed by atoms with van der Waals surface area (Å²) < 4.78 is 39.0. The molecule has 0 radical (unpaired) electrons. The van der Waals surface area contributed by atoms with Gasteiger partial charge in [0.1, 0.15) is 0 Å². The van der Waals surface area contributed by atoms with Gasteiger partial charge in [0.05, 0.1) is 11.5 Å². The van der Waals surface area contributed by atoms with Crippen LogP contribution in [0.5, 0.6) is 0 Å². The van der Waals surface area contributed by atoms with Gasteiger partial charge in [-0.05, 0) is 43.7 Å². The summed E-state index contributed by atoms with van der Waals surface area (Å²) in [6.07, 6.45) is -4.20. The Morgan fingerprint density at radius 2 is 1.72 bits per heavy atom. The summed E-state index contributed by atoms with van der Waals surface area (Å²) >= 11 is 0. The van der Waals surface area contributed by atoms with Crippen LogP contribution in [0.25, 0.3) is 0 Å². The number of piperazine rings is 1. The fourth-order valence-electron chi connectivity index (χ4n) is 4.54. The van der Waals surface area contributed by atoms with Crippen molar-refractivity contribution in [3.05, 3.63) is 59.2 Å². The largest absolute Gasteiger partial charge is 0.416 e. The molecule has 2 aromatic carbocycles. The minimum Gasteiger partial charge on any atom is -0.368 e. The van der Waals surface area contributed by atoms with Crippen molar-refractivity contribution in [3.8, 4) is 0 Å². The maximum absolute atomic E-state index is 13.1. The van der Waals surface area contributed by atoms with Crippen LogP contribution in [-0.2, 0) is 15.8 Å². The van der Waals surface area contributed by atoms with Crippen LogP contribution in [0, 0.1) is 19.8 Å². The van der Waals surface area contributed by atoms with Crippen molar-refractivity contribution in [2.45, 2.75) is 26.4 Å². The summed E-state index contributed by atoms with van der Waals surface area (Å²) in [5.74, 6) is -0.518. The van der Waals surface area contributed by atoms with E-state index >= 15 is 0 Å². The molecular weight excluding hydrogens is 419 g/mol. The molecule has 170 valence electrons. The number of carbonyl (C=O) groups is 2. The van der Waals surface area contributed by atoms with E-state index in [0.717, 1.165) is 28.9 Å². The lowest BCUT2D eigenvalue weighted by molar-refractivity contribution is -0.137. The van der Waals surface area contributed by atoms with Gasteiger partial charge in [-0.15, -0.1) is 0 Å². The average Bonchev–Trinajstić information content (AvgIpc) is 3.14. The molecule has 1 unspecified atom stereocenters. The molecule has 8 heteroatoms. The zero-order valence-corrected chi connectivity index (χ0v) is 18.2. The van der Waals surface area contributed by atoms with E-state index in [1.807, 2.05) is 36.9 Å². The Morgan fingerprint density at radius 3 is 2.38 bits per heavy atom. The smallest absolute Gasteiger partial charge is 0.368 e. The summed E-state index contributed by atoms with van der Waals surface area (Å²) in [5, 5.41) is 0. The maximum atomic E-state index is 13.1. The molecule has 2 fully saturated rings. The Kier molecular flexibility index (Phi) is 5.88. The molecule has 2 aromatic rings. The predicted molar refractivity (Wildman–Crippen MR) is 117 cm³/mol. The van der Waals surface area contributed by atoms with E-state index in [4.69, 9.17) is 0 Å². The van der Waals surface area contributed by atoms with Crippen LogP contribution in [0.2, 0.25) is 0 Å². The van der Waals surface area contributed by atoms with Crippen molar-refractivity contribution in [2.75, 3.05) is 42.5 Å². The second kappa shape index (κ2) is 8.48. The lowest BCUT2D eigenvalue weighted by Crippen LogP contribution is -2.50. The Labute approximate surface area is 185 Å². The number of rotatable bonds is 3. The van der Waals surface area contributed by atoms with Crippen LogP contribution in [0.15, 0.2) is 42.5 Å². The molecule has 5 nitrogen and oxygen atoms in total. The van der Waals surface area contributed by atoms with Crippen LogP contribution in [0.3, 0.4) is 0 Å².